The van der Waals surface area contributed by atoms with Crippen molar-refractivity contribution in [1.29, 1.82) is 0 Å². The van der Waals surface area contributed by atoms with Gasteiger partial charge in [0.1, 0.15) is 0 Å². The van der Waals surface area contributed by atoms with Gasteiger partial charge in [0.2, 0.25) is 0 Å². The molecule has 7 heteroatoms. The average molecular weight is 456 g/mol. The van der Waals surface area contributed by atoms with E-state index in [4.69, 9.17) is 0 Å². The van der Waals surface area contributed by atoms with Gasteiger partial charge in [-0.3, -0.25) is 9.48 Å². The number of rotatable bonds is 8. The average Bonchev–Trinajstić information content (AvgIpc) is 3.53. The number of halogens is 3. The second-order valence-corrected chi connectivity index (χ2v) is 8.94. The number of amides is 1. The Balaban J connectivity index is 1.54. The van der Waals surface area contributed by atoms with Crippen molar-refractivity contribution in [2.75, 3.05) is 5.32 Å². The van der Waals surface area contributed by atoms with Gasteiger partial charge in [0.05, 0.1) is 28.7 Å². The minimum absolute atomic E-state index is 0.00939. The number of carbonyl (C=O) groups is 1. The van der Waals surface area contributed by atoms with Crippen molar-refractivity contribution in [1.82, 2.24) is 9.78 Å². The Labute approximate surface area is 191 Å². The van der Waals surface area contributed by atoms with Crippen LogP contribution in [0.15, 0.2) is 54.7 Å². The molecular weight excluding hydrogens is 427 g/mol. The van der Waals surface area contributed by atoms with Gasteiger partial charge < -0.3 is 5.32 Å². The number of alkyl halides is 3. The van der Waals surface area contributed by atoms with Crippen LogP contribution in [0.25, 0.3) is 0 Å². The standard InChI is InChI=1S/C26H28F3N3O/c1-17(2)24-21(16-30-32(24)14-6-9-18-7-4-3-5-8-18)25(33)31-23-15-20(19-10-11-19)12-13-22(23)26(27,28)29/h3-5,7-8,12-13,15-17,19H,6,9-11,14H2,1-2H3,(H,31,33). The van der Waals surface area contributed by atoms with Crippen LogP contribution >= 0.6 is 0 Å². The van der Waals surface area contributed by atoms with Gasteiger partial charge in [-0.05, 0) is 60.8 Å². The molecule has 0 aliphatic heterocycles. The van der Waals surface area contributed by atoms with Gasteiger partial charge in [0.25, 0.3) is 5.91 Å². The molecule has 0 radical (unpaired) electrons. The van der Waals surface area contributed by atoms with Gasteiger partial charge in [-0.1, -0.05) is 50.2 Å². The monoisotopic (exact) mass is 455 g/mol. The van der Waals surface area contributed by atoms with Crippen molar-refractivity contribution < 1.29 is 18.0 Å². The lowest BCUT2D eigenvalue weighted by Crippen LogP contribution is -2.19. The number of nitrogens with zero attached hydrogens (tertiary/aromatic N) is 2. The molecule has 0 bridgehead atoms. The highest BCUT2D eigenvalue weighted by Crippen LogP contribution is 2.43. The minimum atomic E-state index is -4.55. The summed E-state index contributed by atoms with van der Waals surface area (Å²) in [5.41, 5.74) is 2.08. The van der Waals surface area contributed by atoms with Gasteiger partial charge in [-0.2, -0.15) is 18.3 Å². The van der Waals surface area contributed by atoms with Crippen LogP contribution in [0, 0.1) is 0 Å². The van der Waals surface area contributed by atoms with Gasteiger partial charge >= 0.3 is 6.18 Å². The van der Waals surface area contributed by atoms with E-state index in [1.54, 1.807) is 4.68 Å². The van der Waals surface area contributed by atoms with E-state index in [1.165, 1.54) is 23.9 Å². The van der Waals surface area contributed by atoms with Crippen LogP contribution in [-0.2, 0) is 19.1 Å². The molecule has 1 amide bonds. The Morgan fingerprint density at radius 1 is 1.15 bits per heavy atom. The number of hydrogen-bond donors (Lipinski definition) is 1. The van der Waals surface area contributed by atoms with Crippen LogP contribution in [-0.4, -0.2) is 15.7 Å². The minimum Gasteiger partial charge on any atom is -0.321 e. The molecule has 0 atom stereocenters. The molecular formula is C26H28F3N3O. The summed E-state index contributed by atoms with van der Waals surface area (Å²) in [6.45, 7) is 4.54. The quantitative estimate of drug-likeness (QED) is 0.407. The lowest BCUT2D eigenvalue weighted by Gasteiger charge is -2.16. The van der Waals surface area contributed by atoms with Crippen LogP contribution in [0.5, 0.6) is 0 Å². The third kappa shape index (κ3) is 5.46. The fourth-order valence-electron chi connectivity index (χ4n) is 4.21. The molecule has 0 spiro atoms. The first-order chi connectivity index (χ1) is 15.7. The molecule has 1 aliphatic carbocycles. The second-order valence-electron chi connectivity index (χ2n) is 8.94. The number of hydrogen-bond acceptors (Lipinski definition) is 2. The van der Waals surface area contributed by atoms with Gasteiger partial charge in [0, 0.05) is 6.54 Å². The number of carbonyl (C=O) groups excluding carboxylic acids is 1. The van der Waals surface area contributed by atoms with Crippen LogP contribution in [0.4, 0.5) is 18.9 Å². The fourth-order valence-corrected chi connectivity index (χ4v) is 4.21. The number of aryl methyl sites for hydroxylation is 2. The van der Waals surface area contributed by atoms with Crippen molar-refractivity contribution >= 4 is 11.6 Å². The molecule has 174 valence electrons. The maximum Gasteiger partial charge on any atom is 0.418 e. The summed E-state index contributed by atoms with van der Waals surface area (Å²) in [6.07, 6.45) is 0.563. The Hall–Kier alpha value is -3.09. The lowest BCUT2D eigenvalue weighted by atomic mass is 10.0. The first kappa shape index (κ1) is 23.1. The molecule has 2 aromatic carbocycles. The van der Waals surface area contributed by atoms with Crippen molar-refractivity contribution in [2.45, 2.75) is 64.1 Å². The van der Waals surface area contributed by atoms with Crippen LogP contribution < -0.4 is 5.32 Å². The summed E-state index contributed by atoms with van der Waals surface area (Å²) in [7, 11) is 0. The fraction of sp³-hybridized carbons (Fsp3) is 0.385. The Kier molecular flexibility index (Phi) is 6.58. The zero-order chi connectivity index (χ0) is 23.6. The van der Waals surface area contributed by atoms with Crippen molar-refractivity contribution in [3.05, 3.63) is 82.7 Å². The van der Waals surface area contributed by atoms with E-state index in [0.717, 1.165) is 43.0 Å². The number of aromatic nitrogens is 2. The molecule has 1 fully saturated rings. The first-order valence-corrected chi connectivity index (χ1v) is 11.4. The third-order valence-corrected chi connectivity index (χ3v) is 6.00. The predicted molar refractivity (Wildman–Crippen MR) is 122 cm³/mol. The van der Waals surface area contributed by atoms with Gasteiger partial charge in [-0.25, -0.2) is 0 Å². The first-order valence-electron chi connectivity index (χ1n) is 11.4. The van der Waals surface area contributed by atoms with Crippen LogP contribution in [0.3, 0.4) is 0 Å². The molecule has 1 saturated carbocycles. The molecule has 1 aromatic heterocycles. The maximum atomic E-state index is 13.6. The molecule has 4 nitrogen and oxygen atoms in total. The SMILES string of the molecule is CC(C)c1c(C(=O)Nc2cc(C3CC3)ccc2C(F)(F)F)cnn1CCCc1ccccc1. The Morgan fingerprint density at radius 3 is 2.52 bits per heavy atom. The van der Waals surface area contributed by atoms with Crippen LogP contribution in [0.2, 0.25) is 0 Å². The molecule has 1 aliphatic rings. The van der Waals surface area contributed by atoms with Crippen molar-refractivity contribution in [3.8, 4) is 0 Å². The summed E-state index contributed by atoms with van der Waals surface area (Å²) in [5.74, 6) is -0.294. The zero-order valence-electron chi connectivity index (χ0n) is 18.8. The predicted octanol–water partition coefficient (Wildman–Crippen LogP) is 6.79. The molecule has 1 N–H and O–H groups in total. The van der Waals surface area contributed by atoms with E-state index in [1.807, 2.05) is 32.0 Å². The molecule has 4 rings (SSSR count). The van der Waals surface area contributed by atoms with Gasteiger partial charge in [0.15, 0.2) is 0 Å². The number of nitrogens with one attached hydrogen (secondary N) is 1. The van der Waals surface area contributed by atoms with Crippen LogP contribution in [0.1, 0.15) is 77.7 Å². The van der Waals surface area contributed by atoms with E-state index < -0.39 is 17.6 Å². The largest absolute Gasteiger partial charge is 0.418 e. The summed E-state index contributed by atoms with van der Waals surface area (Å²) >= 11 is 0. The smallest absolute Gasteiger partial charge is 0.321 e. The van der Waals surface area contributed by atoms with Crippen molar-refractivity contribution in [2.24, 2.45) is 0 Å². The molecule has 3 aromatic rings. The normalized spacial score (nSPS) is 14.0. The zero-order valence-corrected chi connectivity index (χ0v) is 18.8. The molecule has 0 saturated heterocycles. The van der Waals surface area contributed by atoms with Crippen molar-refractivity contribution in [3.63, 3.8) is 0 Å². The molecule has 0 unspecified atom stereocenters. The summed E-state index contributed by atoms with van der Waals surface area (Å²) in [6, 6.07) is 14.2. The molecule has 33 heavy (non-hydrogen) atoms. The number of anilines is 1. The van der Waals surface area contributed by atoms with E-state index in [2.05, 4.69) is 22.5 Å². The highest BCUT2D eigenvalue weighted by molar-refractivity contribution is 6.05. The summed E-state index contributed by atoms with van der Waals surface area (Å²) < 4.78 is 42.5. The Bertz CT molecular complexity index is 1120. The topological polar surface area (TPSA) is 46.9 Å². The van der Waals surface area contributed by atoms with E-state index in [0.29, 0.717) is 12.1 Å². The maximum absolute atomic E-state index is 13.6. The number of benzene rings is 2. The van der Waals surface area contributed by atoms with E-state index >= 15 is 0 Å². The molecule has 1 heterocycles. The summed E-state index contributed by atoms with van der Waals surface area (Å²) in [4.78, 5) is 13.1. The second kappa shape index (κ2) is 9.41. The van der Waals surface area contributed by atoms with E-state index in [9.17, 15) is 18.0 Å². The summed E-state index contributed by atoms with van der Waals surface area (Å²) in [5, 5.41) is 6.93. The lowest BCUT2D eigenvalue weighted by molar-refractivity contribution is -0.136. The van der Waals surface area contributed by atoms with E-state index in [-0.39, 0.29) is 17.5 Å². The van der Waals surface area contributed by atoms with Gasteiger partial charge in [-0.15, -0.1) is 0 Å². The third-order valence-electron chi connectivity index (χ3n) is 6.00. The highest BCUT2D eigenvalue weighted by atomic mass is 19.4. The Morgan fingerprint density at radius 2 is 1.88 bits per heavy atom. The highest BCUT2D eigenvalue weighted by Gasteiger charge is 2.35.